The van der Waals surface area contributed by atoms with Gasteiger partial charge in [-0.15, -0.1) is 0 Å². The molecule has 0 amide bonds. The molecule has 2 atom stereocenters. The number of hydrogen-bond donors (Lipinski definition) is 3. The van der Waals surface area contributed by atoms with Crippen molar-refractivity contribution in [2.45, 2.75) is 33.2 Å². The maximum Gasteiger partial charge on any atom is 0.552 e. The summed E-state index contributed by atoms with van der Waals surface area (Å²) in [6.07, 6.45) is 2.42. The smallest absolute Gasteiger partial charge is 0.531 e. The largest absolute Gasteiger partial charge is 0.552 e. The molecule has 2 aliphatic rings. The van der Waals surface area contributed by atoms with Crippen molar-refractivity contribution in [1.82, 2.24) is 9.97 Å². The van der Waals surface area contributed by atoms with Crippen molar-refractivity contribution >= 4 is 41.7 Å². The van der Waals surface area contributed by atoms with Gasteiger partial charge in [0.1, 0.15) is 11.6 Å². The first-order valence-electron chi connectivity index (χ1n) is 10.6. The summed E-state index contributed by atoms with van der Waals surface area (Å²) in [6.45, 7) is 7.06. The van der Waals surface area contributed by atoms with Crippen LogP contribution in [-0.2, 0) is 4.74 Å². The van der Waals surface area contributed by atoms with Gasteiger partial charge in [-0.25, -0.2) is 4.98 Å². The van der Waals surface area contributed by atoms with Gasteiger partial charge >= 0.3 is 7.12 Å². The SMILES string of the molecule is Cc1cnc(Nc2cc(Cl)c3c(c2)C(C(C)C)=CB(O)O3)nc1N[C@H]1COCC[C@@H]1C#N. The van der Waals surface area contributed by atoms with Gasteiger partial charge in [-0.3, -0.25) is 0 Å². The van der Waals surface area contributed by atoms with Gasteiger partial charge in [0.25, 0.3) is 0 Å². The van der Waals surface area contributed by atoms with E-state index in [-0.39, 0.29) is 17.9 Å². The molecule has 3 heterocycles. The lowest BCUT2D eigenvalue weighted by atomic mass is 9.78. The summed E-state index contributed by atoms with van der Waals surface area (Å²) >= 11 is 6.47. The number of benzene rings is 1. The first kappa shape index (κ1) is 22.4. The molecule has 2 aliphatic heterocycles. The van der Waals surface area contributed by atoms with Crippen LogP contribution in [0.1, 0.15) is 31.4 Å². The Morgan fingerprint density at radius 2 is 2.19 bits per heavy atom. The van der Waals surface area contributed by atoms with Crippen molar-refractivity contribution in [3.63, 3.8) is 0 Å². The van der Waals surface area contributed by atoms with Gasteiger partial charge < -0.3 is 25.0 Å². The molecule has 0 aliphatic carbocycles. The lowest BCUT2D eigenvalue weighted by Crippen LogP contribution is -2.38. The Balaban J connectivity index is 1.60. The van der Waals surface area contributed by atoms with Crippen molar-refractivity contribution in [1.29, 1.82) is 5.26 Å². The van der Waals surface area contributed by atoms with E-state index < -0.39 is 7.12 Å². The average Bonchev–Trinajstić information content (AvgIpc) is 2.76. The normalized spacial score (nSPS) is 20.2. The number of ether oxygens (including phenoxy) is 1. The minimum atomic E-state index is -1.02. The summed E-state index contributed by atoms with van der Waals surface area (Å²) in [5.41, 5.74) is 3.35. The van der Waals surface area contributed by atoms with Gasteiger partial charge in [-0.2, -0.15) is 10.2 Å². The molecule has 4 rings (SSSR count). The van der Waals surface area contributed by atoms with Crippen LogP contribution >= 0.6 is 11.6 Å². The second-order valence-electron chi connectivity index (χ2n) is 8.32. The Hall–Kier alpha value is -2.80. The lowest BCUT2D eigenvalue weighted by molar-refractivity contribution is 0.0698. The maximum atomic E-state index is 10.0. The minimum absolute atomic E-state index is 0.129. The summed E-state index contributed by atoms with van der Waals surface area (Å²) in [5.74, 6) is 3.24. The number of anilines is 3. The average molecular weight is 454 g/mol. The van der Waals surface area contributed by atoms with Crippen LogP contribution in [0.25, 0.3) is 5.57 Å². The van der Waals surface area contributed by atoms with Crippen molar-refractivity contribution in [2.75, 3.05) is 23.8 Å². The summed E-state index contributed by atoms with van der Waals surface area (Å²) in [6, 6.07) is 5.85. The van der Waals surface area contributed by atoms with Gasteiger partial charge in [0.05, 0.1) is 29.7 Å². The van der Waals surface area contributed by atoms with Crippen LogP contribution in [0.2, 0.25) is 5.02 Å². The molecule has 8 nitrogen and oxygen atoms in total. The molecule has 1 fully saturated rings. The third-order valence-corrected chi connectivity index (χ3v) is 5.89. The van der Waals surface area contributed by atoms with E-state index in [1.165, 1.54) is 0 Å². The van der Waals surface area contributed by atoms with Gasteiger partial charge in [0.2, 0.25) is 5.95 Å². The first-order chi connectivity index (χ1) is 15.4. The highest BCUT2D eigenvalue weighted by molar-refractivity contribution is 6.53. The molecule has 1 aromatic heterocycles. The number of nitrogens with zero attached hydrogens (tertiary/aromatic N) is 3. The Morgan fingerprint density at radius 3 is 2.94 bits per heavy atom. The van der Waals surface area contributed by atoms with Crippen LogP contribution in [0.4, 0.5) is 17.5 Å². The van der Waals surface area contributed by atoms with E-state index in [1.54, 1.807) is 18.2 Å². The van der Waals surface area contributed by atoms with Crippen molar-refractivity contribution < 1.29 is 14.4 Å². The van der Waals surface area contributed by atoms with Crippen LogP contribution in [0.15, 0.2) is 24.3 Å². The van der Waals surface area contributed by atoms with E-state index >= 15 is 0 Å². The van der Waals surface area contributed by atoms with Crippen LogP contribution in [0, 0.1) is 30.1 Å². The molecular formula is C22H25BClN5O3. The van der Waals surface area contributed by atoms with Crippen LogP contribution in [-0.4, -0.2) is 41.4 Å². The Kier molecular flexibility index (Phi) is 6.56. The fourth-order valence-corrected chi connectivity index (χ4v) is 4.15. The number of rotatable bonds is 5. The highest BCUT2D eigenvalue weighted by atomic mass is 35.5. The number of aryl methyl sites for hydroxylation is 1. The Labute approximate surface area is 192 Å². The maximum absolute atomic E-state index is 10.0. The van der Waals surface area contributed by atoms with Crippen molar-refractivity contribution in [2.24, 2.45) is 11.8 Å². The van der Waals surface area contributed by atoms with E-state index in [2.05, 4.69) is 26.7 Å². The predicted octanol–water partition coefficient (Wildman–Crippen LogP) is 3.97. The number of nitriles is 1. The second kappa shape index (κ2) is 9.37. The Morgan fingerprint density at radius 1 is 1.38 bits per heavy atom. The van der Waals surface area contributed by atoms with Crippen LogP contribution in [0.3, 0.4) is 0 Å². The molecule has 3 N–H and O–H groups in total. The van der Waals surface area contributed by atoms with Crippen LogP contribution < -0.4 is 15.3 Å². The fourth-order valence-electron chi connectivity index (χ4n) is 3.89. The Bertz CT molecular complexity index is 1090. The molecular weight excluding hydrogens is 429 g/mol. The molecule has 1 saturated heterocycles. The molecule has 0 saturated carbocycles. The van der Waals surface area contributed by atoms with Gasteiger partial charge in [0, 0.05) is 29.6 Å². The molecule has 10 heteroatoms. The summed E-state index contributed by atoms with van der Waals surface area (Å²) in [4.78, 5) is 9.00. The number of allylic oxidation sites excluding steroid dienone is 1. The molecule has 0 unspecified atom stereocenters. The quantitative estimate of drug-likeness (QED) is 0.583. The molecule has 2 aromatic rings. The van der Waals surface area contributed by atoms with Gasteiger partial charge in [0.15, 0.2) is 0 Å². The van der Waals surface area contributed by atoms with Gasteiger partial charge in [-0.1, -0.05) is 25.4 Å². The standard InChI is InChI=1S/C22H25BClN5O3/c1-12(2)17-8-23(30)32-20-16(17)6-15(7-18(20)24)27-22-26-10-13(3)21(29-22)28-19-11-31-5-4-14(19)9-25/h6-8,10,12,14,19,30H,4-5,11H2,1-3H3,(H2,26,27,28,29)/t14-,19+/m1/s1. The molecule has 166 valence electrons. The predicted molar refractivity (Wildman–Crippen MR) is 125 cm³/mol. The molecule has 0 bridgehead atoms. The monoisotopic (exact) mass is 453 g/mol. The number of halogens is 1. The number of hydrogen-bond acceptors (Lipinski definition) is 8. The highest BCUT2D eigenvalue weighted by Crippen LogP contribution is 2.42. The number of fused-ring (bicyclic) bond motifs is 1. The molecule has 0 radical (unpaired) electrons. The summed E-state index contributed by atoms with van der Waals surface area (Å²) < 4.78 is 11.1. The second-order valence-corrected chi connectivity index (χ2v) is 8.73. The summed E-state index contributed by atoms with van der Waals surface area (Å²) in [5, 5.41) is 26.4. The molecule has 0 spiro atoms. The topological polar surface area (TPSA) is 112 Å². The van der Waals surface area contributed by atoms with E-state index in [0.717, 1.165) is 16.7 Å². The zero-order valence-corrected chi connectivity index (χ0v) is 19.0. The third-order valence-electron chi connectivity index (χ3n) is 5.61. The zero-order chi connectivity index (χ0) is 22.8. The lowest BCUT2D eigenvalue weighted by Gasteiger charge is -2.28. The molecule has 32 heavy (non-hydrogen) atoms. The number of nitrogens with one attached hydrogen (secondary N) is 2. The van der Waals surface area contributed by atoms with E-state index in [9.17, 15) is 10.3 Å². The van der Waals surface area contributed by atoms with Crippen molar-refractivity contribution in [3.05, 3.63) is 40.5 Å². The van der Waals surface area contributed by atoms with E-state index in [1.807, 2.05) is 26.8 Å². The van der Waals surface area contributed by atoms with Crippen molar-refractivity contribution in [3.8, 4) is 11.8 Å². The summed E-state index contributed by atoms with van der Waals surface area (Å²) in [7, 11) is -1.02. The molecule has 1 aromatic carbocycles. The highest BCUT2D eigenvalue weighted by Gasteiger charge is 2.28. The number of aromatic nitrogens is 2. The van der Waals surface area contributed by atoms with E-state index in [0.29, 0.717) is 47.9 Å². The first-order valence-corrected chi connectivity index (χ1v) is 11.0. The van der Waals surface area contributed by atoms with E-state index in [4.69, 9.17) is 21.0 Å². The van der Waals surface area contributed by atoms with Gasteiger partial charge in [-0.05, 0) is 42.9 Å². The fraction of sp³-hybridized carbons (Fsp3) is 0.409. The van der Waals surface area contributed by atoms with Crippen LogP contribution in [0.5, 0.6) is 5.75 Å². The zero-order valence-electron chi connectivity index (χ0n) is 18.2. The minimum Gasteiger partial charge on any atom is -0.531 e. The third kappa shape index (κ3) is 4.68.